The molecule has 0 fully saturated rings. The lowest BCUT2D eigenvalue weighted by atomic mass is 10.2. The fourth-order valence-corrected chi connectivity index (χ4v) is 1.67. The van der Waals surface area contributed by atoms with Gasteiger partial charge in [-0.3, -0.25) is 10.1 Å². The van der Waals surface area contributed by atoms with E-state index in [0.717, 1.165) is 24.8 Å². The number of nitrogens with one attached hydrogen (secondary N) is 1. The van der Waals surface area contributed by atoms with Gasteiger partial charge >= 0.3 is 0 Å². The van der Waals surface area contributed by atoms with E-state index < -0.39 is 0 Å². The third-order valence-corrected chi connectivity index (χ3v) is 2.69. The van der Waals surface area contributed by atoms with E-state index in [9.17, 15) is 10.1 Å². The van der Waals surface area contributed by atoms with Crippen LogP contribution in [0.1, 0.15) is 31.7 Å². The van der Waals surface area contributed by atoms with Crippen LogP contribution in [0.15, 0.2) is 18.2 Å². The standard InChI is InChI=1S/C13H20N2O3/c1-3-4-5-8-18-10-11-6-7-12(14-2)13(9-11)15(16)17/h6-7,9,14H,3-5,8,10H2,1-2H3. The number of unbranched alkanes of at least 4 members (excludes halogenated alkanes) is 2. The molecule has 1 N–H and O–H groups in total. The van der Waals surface area contributed by atoms with Gasteiger partial charge in [0.25, 0.3) is 5.69 Å². The van der Waals surface area contributed by atoms with Crippen molar-refractivity contribution in [2.75, 3.05) is 19.0 Å². The lowest BCUT2D eigenvalue weighted by molar-refractivity contribution is -0.384. The fraction of sp³-hybridized carbons (Fsp3) is 0.538. The summed E-state index contributed by atoms with van der Waals surface area (Å²) in [6.07, 6.45) is 3.34. The summed E-state index contributed by atoms with van der Waals surface area (Å²) >= 11 is 0. The summed E-state index contributed by atoms with van der Waals surface area (Å²) < 4.78 is 5.49. The largest absolute Gasteiger partial charge is 0.383 e. The highest BCUT2D eigenvalue weighted by molar-refractivity contribution is 5.62. The second-order valence-electron chi connectivity index (χ2n) is 4.12. The van der Waals surface area contributed by atoms with Crippen molar-refractivity contribution in [3.63, 3.8) is 0 Å². The zero-order chi connectivity index (χ0) is 13.4. The zero-order valence-electron chi connectivity index (χ0n) is 10.9. The average Bonchev–Trinajstić information content (AvgIpc) is 2.38. The smallest absolute Gasteiger partial charge is 0.292 e. The van der Waals surface area contributed by atoms with Gasteiger partial charge in [0.05, 0.1) is 11.5 Å². The number of anilines is 1. The molecule has 1 aromatic carbocycles. The van der Waals surface area contributed by atoms with E-state index >= 15 is 0 Å². The first kappa shape index (κ1) is 14.4. The molecule has 0 aliphatic carbocycles. The number of nitro groups is 1. The maximum Gasteiger partial charge on any atom is 0.292 e. The summed E-state index contributed by atoms with van der Waals surface area (Å²) in [5.74, 6) is 0. The third-order valence-electron chi connectivity index (χ3n) is 2.69. The van der Waals surface area contributed by atoms with Crippen LogP contribution in [0, 0.1) is 10.1 Å². The molecule has 1 rings (SSSR count). The van der Waals surface area contributed by atoms with Crippen molar-refractivity contribution >= 4 is 11.4 Å². The van der Waals surface area contributed by atoms with Gasteiger partial charge < -0.3 is 10.1 Å². The monoisotopic (exact) mass is 252 g/mol. The predicted octanol–water partition coefficient (Wildman–Crippen LogP) is 3.34. The van der Waals surface area contributed by atoms with E-state index in [1.807, 2.05) is 6.07 Å². The van der Waals surface area contributed by atoms with Crippen LogP contribution in [0.3, 0.4) is 0 Å². The second kappa shape index (κ2) is 7.66. The van der Waals surface area contributed by atoms with Crippen LogP contribution < -0.4 is 5.32 Å². The summed E-state index contributed by atoms with van der Waals surface area (Å²) in [5.41, 5.74) is 1.44. The molecule has 0 aromatic heterocycles. The van der Waals surface area contributed by atoms with E-state index in [1.165, 1.54) is 0 Å². The van der Waals surface area contributed by atoms with Crippen LogP contribution in [0.4, 0.5) is 11.4 Å². The summed E-state index contributed by atoms with van der Waals surface area (Å²) in [6, 6.07) is 5.12. The van der Waals surface area contributed by atoms with Gasteiger partial charge in [-0.05, 0) is 18.1 Å². The van der Waals surface area contributed by atoms with Crippen molar-refractivity contribution in [1.82, 2.24) is 0 Å². The molecule has 0 atom stereocenters. The van der Waals surface area contributed by atoms with Crippen LogP contribution in [-0.2, 0) is 11.3 Å². The maximum absolute atomic E-state index is 10.9. The highest BCUT2D eigenvalue weighted by Crippen LogP contribution is 2.25. The number of hydrogen-bond acceptors (Lipinski definition) is 4. The van der Waals surface area contributed by atoms with E-state index in [2.05, 4.69) is 12.2 Å². The highest BCUT2D eigenvalue weighted by Gasteiger charge is 2.13. The van der Waals surface area contributed by atoms with Crippen molar-refractivity contribution in [2.24, 2.45) is 0 Å². The minimum atomic E-state index is -0.383. The van der Waals surface area contributed by atoms with Crippen LogP contribution in [0.2, 0.25) is 0 Å². The Morgan fingerprint density at radius 1 is 1.39 bits per heavy atom. The van der Waals surface area contributed by atoms with Gasteiger partial charge in [0.15, 0.2) is 0 Å². The minimum absolute atomic E-state index is 0.0900. The maximum atomic E-state index is 10.9. The van der Waals surface area contributed by atoms with Crippen molar-refractivity contribution in [3.8, 4) is 0 Å². The quantitative estimate of drug-likeness (QED) is 0.438. The zero-order valence-corrected chi connectivity index (χ0v) is 10.9. The topological polar surface area (TPSA) is 64.4 Å². The molecule has 0 saturated carbocycles. The fourth-order valence-electron chi connectivity index (χ4n) is 1.67. The number of nitrogens with zero attached hydrogens (tertiary/aromatic N) is 1. The van der Waals surface area contributed by atoms with E-state index in [4.69, 9.17) is 4.74 Å². The van der Waals surface area contributed by atoms with Crippen LogP contribution in [-0.4, -0.2) is 18.6 Å². The molecule has 1 aromatic rings. The van der Waals surface area contributed by atoms with Gasteiger partial charge in [0.1, 0.15) is 5.69 Å². The molecule has 5 heteroatoms. The Kier molecular flexibility index (Phi) is 6.14. The average molecular weight is 252 g/mol. The number of nitro benzene ring substituents is 1. The number of ether oxygens (including phenoxy) is 1. The first-order valence-electron chi connectivity index (χ1n) is 6.21. The number of hydrogen-bond donors (Lipinski definition) is 1. The van der Waals surface area contributed by atoms with Gasteiger partial charge in [-0.25, -0.2) is 0 Å². The van der Waals surface area contributed by atoms with Crippen molar-refractivity contribution in [2.45, 2.75) is 32.8 Å². The molecule has 0 saturated heterocycles. The summed E-state index contributed by atoms with van der Waals surface area (Å²) in [4.78, 5) is 10.5. The molecule has 0 heterocycles. The Hall–Kier alpha value is -1.62. The molecule has 0 unspecified atom stereocenters. The summed E-state index contributed by atoms with van der Waals surface area (Å²) in [6.45, 7) is 3.27. The first-order chi connectivity index (χ1) is 8.69. The molecule has 0 aliphatic rings. The van der Waals surface area contributed by atoms with Gasteiger partial charge in [-0.2, -0.15) is 0 Å². The molecular weight excluding hydrogens is 232 g/mol. The Morgan fingerprint density at radius 2 is 2.17 bits per heavy atom. The summed E-state index contributed by atoms with van der Waals surface area (Å²) in [7, 11) is 1.67. The first-order valence-corrected chi connectivity index (χ1v) is 6.21. The molecule has 0 spiro atoms. The minimum Gasteiger partial charge on any atom is -0.383 e. The number of benzene rings is 1. The highest BCUT2D eigenvalue weighted by atomic mass is 16.6. The van der Waals surface area contributed by atoms with Gasteiger partial charge in [0, 0.05) is 19.7 Å². The van der Waals surface area contributed by atoms with E-state index in [0.29, 0.717) is 18.9 Å². The predicted molar refractivity (Wildman–Crippen MR) is 71.8 cm³/mol. The van der Waals surface area contributed by atoms with Crippen LogP contribution in [0.5, 0.6) is 0 Å². The third kappa shape index (κ3) is 4.33. The Morgan fingerprint density at radius 3 is 2.78 bits per heavy atom. The normalized spacial score (nSPS) is 10.3. The van der Waals surface area contributed by atoms with E-state index in [-0.39, 0.29) is 10.6 Å². The molecule has 5 nitrogen and oxygen atoms in total. The van der Waals surface area contributed by atoms with Gasteiger partial charge in [-0.15, -0.1) is 0 Å². The van der Waals surface area contributed by atoms with E-state index in [1.54, 1.807) is 19.2 Å². The van der Waals surface area contributed by atoms with Crippen molar-refractivity contribution in [3.05, 3.63) is 33.9 Å². The Balaban J connectivity index is 2.56. The molecule has 0 radical (unpaired) electrons. The second-order valence-corrected chi connectivity index (χ2v) is 4.12. The molecule has 0 aliphatic heterocycles. The lowest BCUT2D eigenvalue weighted by Gasteiger charge is -2.06. The molecular formula is C13H20N2O3. The van der Waals surface area contributed by atoms with Crippen molar-refractivity contribution < 1.29 is 9.66 Å². The molecule has 0 bridgehead atoms. The SMILES string of the molecule is CCCCCOCc1ccc(NC)c([N+](=O)[O-])c1. The lowest BCUT2D eigenvalue weighted by Crippen LogP contribution is -2.00. The van der Waals surface area contributed by atoms with Gasteiger partial charge in [0.2, 0.25) is 0 Å². The van der Waals surface area contributed by atoms with Crippen LogP contribution in [0.25, 0.3) is 0 Å². The van der Waals surface area contributed by atoms with Gasteiger partial charge in [-0.1, -0.05) is 25.8 Å². The Bertz CT molecular complexity index is 394. The molecule has 18 heavy (non-hydrogen) atoms. The Labute approximate surface area is 107 Å². The summed E-state index contributed by atoms with van der Waals surface area (Å²) in [5, 5.41) is 13.7. The van der Waals surface area contributed by atoms with Crippen LogP contribution >= 0.6 is 0 Å². The van der Waals surface area contributed by atoms with Crippen molar-refractivity contribution in [1.29, 1.82) is 0 Å². The molecule has 100 valence electrons. The molecule has 0 amide bonds. The number of rotatable bonds is 8.